The molecular formula is C21H29N3O6. The number of carbonyl (C=O) groups is 3. The van der Waals surface area contributed by atoms with E-state index in [2.05, 4.69) is 10.6 Å². The molecule has 0 aromatic heterocycles. The van der Waals surface area contributed by atoms with Gasteiger partial charge in [0.1, 0.15) is 18.5 Å². The van der Waals surface area contributed by atoms with Crippen LogP contribution in [-0.4, -0.2) is 67.9 Å². The fraction of sp³-hybridized carbons (Fsp3) is 0.571. The molecule has 3 amide bonds. The van der Waals surface area contributed by atoms with Crippen molar-refractivity contribution in [3.05, 3.63) is 23.8 Å². The van der Waals surface area contributed by atoms with Gasteiger partial charge in [0.25, 0.3) is 5.91 Å². The molecule has 2 N–H and O–H groups in total. The van der Waals surface area contributed by atoms with Gasteiger partial charge in [-0.2, -0.15) is 0 Å². The number of ether oxygens (including phenoxy) is 3. The number of urea groups is 1. The van der Waals surface area contributed by atoms with Crippen LogP contribution in [0.5, 0.6) is 5.75 Å². The highest BCUT2D eigenvalue weighted by Gasteiger charge is 2.39. The highest BCUT2D eigenvalue weighted by molar-refractivity contribution is 5.99. The zero-order chi connectivity index (χ0) is 21.8. The summed E-state index contributed by atoms with van der Waals surface area (Å²) in [5, 5.41) is 5.48. The fourth-order valence-electron chi connectivity index (χ4n) is 3.80. The van der Waals surface area contributed by atoms with Crippen molar-refractivity contribution in [1.82, 2.24) is 10.2 Å². The number of likely N-dealkylation sites (N-methyl/N-ethyl adjacent to an activating group) is 1. The molecule has 30 heavy (non-hydrogen) atoms. The lowest BCUT2D eigenvalue weighted by Crippen LogP contribution is -2.53. The number of rotatable bonds is 4. The van der Waals surface area contributed by atoms with Crippen molar-refractivity contribution in [3.63, 3.8) is 0 Å². The van der Waals surface area contributed by atoms with Crippen molar-refractivity contribution < 1.29 is 28.6 Å². The fourth-order valence-corrected chi connectivity index (χ4v) is 3.80. The molecule has 0 bridgehead atoms. The average molecular weight is 419 g/mol. The summed E-state index contributed by atoms with van der Waals surface area (Å²) in [6.07, 6.45) is 0.933. The van der Waals surface area contributed by atoms with E-state index in [1.54, 1.807) is 30.1 Å². The summed E-state index contributed by atoms with van der Waals surface area (Å²) in [7, 11) is 3.09. The number of nitrogens with zero attached hydrogens (tertiary/aromatic N) is 1. The molecule has 0 aliphatic carbocycles. The summed E-state index contributed by atoms with van der Waals surface area (Å²) in [6.45, 7) is 3.99. The van der Waals surface area contributed by atoms with Crippen molar-refractivity contribution >= 4 is 23.6 Å². The highest BCUT2D eigenvalue weighted by atomic mass is 16.5. The topological polar surface area (TPSA) is 106 Å². The third kappa shape index (κ3) is 5.02. The second kappa shape index (κ2) is 9.34. The number of esters is 1. The zero-order valence-corrected chi connectivity index (χ0v) is 17.8. The number of anilines is 1. The maximum atomic E-state index is 13.2. The minimum atomic E-state index is -0.342. The first-order chi connectivity index (χ1) is 14.3. The molecule has 1 aromatic rings. The van der Waals surface area contributed by atoms with Crippen LogP contribution in [0.3, 0.4) is 0 Å². The van der Waals surface area contributed by atoms with Gasteiger partial charge in [0.2, 0.25) is 0 Å². The molecule has 164 valence electrons. The maximum absolute atomic E-state index is 13.2. The third-order valence-corrected chi connectivity index (χ3v) is 5.31. The normalized spacial score (nSPS) is 23.4. The standard InChI is InChI=1S/C21H29N3O6/c1-12(2)22-21(27)23-13-5-8-17-15(9-13)20(26)24(3)16-7-6-14(10-19(25)28-4)30-18(16)11-29-17/h5,8-9,12,14,16,18H,6-7,10-11H2,1-4H3,(H2,22,23,27)/t14-,16+,18-/m0/s1. The van der Waals surface area contributed by atoms with Gasteiger partial charge in [0.15, 0.2) is 0 Å². The number of nitrogens with one attached hydrogen (secondary N) is 2. The maximum Gasteiger partial charge on any atom is 0.319 e. The van der Waals surface area contributed by atoms with Gasteiger partial charge in [-0.15, -0.1) is 0 Å². The predicted octanol–water partition coefficient (Wildman–Crippen LogP) is 2.16. The number of amides is 3. The molecule has 9 nitrogen and oxygen atoms in total. The van der Waals surface area contributed by atoms with Gasteiger partial charge in [0.05, 0.1) is 31.2 Å². The Kier molecular flexibility index (Phi) is 6.81. The van der Waals surface area contributed by atoms with E-state index in [0.717, 1.165) is 0 Å². The third-order valence-electron chi connectivity index (χ3n) is 5.31. The smallest absolute Gasteiger partial charge is 0.319 e. The number of hydrogen-bond acceptors (Lipinski definition) is 6. The Morgan fingerprint density at radius 2 is 2.07 bits per heavy atom. The molecule has 0 spiro atoms. The number of carbonyl (C=O) groups excluding carboxylic acids is 3. The SMILES string of the molecule is COC(=O)C[C@@H]1CC[C@@H]2[C@H](COc3ccc(NC(=O)NC(C)C)cc3C(=O)N2C)O1. The summed E-state index contributed by atoms with van der Waals surface area (Å²) in [5.41, 5.74) is 0.891. The van der Waals surface area contributed by atoms with E-state index in [9.17, 15) is 14.4 Å². The second-order valence-corrected chi connectivity index (χ2v) is 7.91. The van der Waals surface area contributed by atoms with Crippen LogP contribution >= 0.6 is 0 Å². The molecule has 1 saturated heterocycles. The quantitative estimate of drug-likeness (QED) is 0.725. The van der Waals surface area contributed by atoms with E-state index in [4.69, 9.17) is 14.2 Å². The first-order valence-corrected chi connectivity index (χ1v) is 10.1. The summed E-state index contributed by atoms with van der Waals surface area (Å²) in [5.74, 6) is -0.0945. The van der Waals surface area contributed by atoms with Crippen LogP contribution in [0.2, 0.25) is 0 Å². The van der Waals surface area contributed by atoms with E-state index in [1.165, 1.54) is 7.11 Å². The van der Waals surface area contributed by atoms with Gasteiger partial charge >= 0.3 is 12.0 Å². The number of hydrogen-bond donors (Lipinski definition) is 2. The van der Waals surface area contributed by atoms with Gasteiger partial charge in [-0.25, -0.2) is 4.79 Å². The van der Waals surface area contributed by atoms with E-state index in [1.807, 2.05) is 13.8 Å². The minimum absolute atomic E-state index is 0.00307. The molecule has 0 saturated carbocycles. The Labute approximate surface area is 176 Å². The molecule has 2 aliphatic rings. The Hall–Kier alpha value is -2.81. The molecule has 0 radical (unpaired) electrons. The Balaban J connectivity index is 1.76. The van der Waals surface area contributed by atoms with E-state index < -0.39 is 0 Å². The Morgan fingerprint density at radius 1 is 1.30 bits per heavy atom. The molecule has 1 aromatic carbocycles. The lowest BCUT2D eigenvalue weighted by Gasteiger charge is -2.42. The summed E-state index contributed by atoms with van der Waals surface area (Å²) < 4.78 is 16.7. The summed E-state index contributed by atoms with van der Waals surface area (Å²) in [4.78, 5) is 38.4. The van der Waals surface area contributed by atoms with Crippen molar-refractivity contribution in [2.45, 2.75) is 57.4 Å². The zero-order valence-electron chi connectivity index (χ0n) is 17.8. The molecule has 9 heteroatoms. The number of benzene rings is 1. The predicted molar refractivity (Wildman–Crippen MR) is 110 cm³/mol. The van der Waals surface area contributed by atoms with Crippen LogP contribution in [0.15, 0.2) is 18.2 Å². The van der Waals surface area contributed by atoms with Crippen LogP contribution in [0.1, 0.15) is 43.5 Å². The second-order valence-electron chi connectivity index (χ2n) is 7.91. The molecule has 2 heterocycles. The molecule has 3 atom stereocenters. The summed E-state index contributed by atoms with van der Waals surface area (Å²) >= 11 is 0. The van der Waals surface area contributed by atoms with Gasteiger partial charge < -0.3 is 29.7 Å². The Bertz CT molecular complexity index is 812. The largest absolute Gasteiger partial charge is 0.490 e. The molecule has 3 rings (SSSR count). The van der Waals surface area contributed by atoms with Crippen molar-refractivity contribution in [2.75, 3.05) is 26.1 Å². The first kappa shape index (κ1) is 21.9. The number of fused-ring (bicyclic) bond motifs is 2. The van der Waals surface area contributed by atoms with Crippen LogP contribution in [0, 0.1) is 0 Å². The van der Waals surface area contributed by atoms with Crippen molar-refractivity contribution in [1.29, 1.82) is 0 Å². The first-order valence-electron chi connectivity index (χ1n) is 10.1. The van der Waals surface area contributed by atoms with Gasteiger partial charge in [-0.1, -0.05) is 0 Å². The average Bonchev–Trinajstić information content (AvgIpc) is 2.70. The van der Waals surface area contributed by atoms with Crippen LogP contribution in [0.25, 0.3) is 0 Å². The molecular weight excluding hydrogens is 390 g/mol. The molecule has 1 fully saturated rings. The monoisotopic (exact) mass is 419 g/mol. The van der Waals surface area contributed by atoms with Crippen LogP contribution in [-0.2, 0) is 14.3 Å². The van der Waals surface area contributed by atoms with E-state index >= 15 is 0 Å². The van der Waals surface area contributed by atoms with Crippen LogP contribution in [0.4, 0.5) is 10.5 Å². The lowest BCUT2D eigenvalue weighted by molar-refractivity contribution is -0.151. The van der Waals surface area contributed by atoms with Gasteiger partial charge in [-0.05, 0) is 44.9 Å². The highest BCUT2D eigenvalue weighted by Crippen LogP contribution is 2.32. The van der Waals surface area contributed by atoms with E-state index in [0.29, 0.717) is 29.8 Å². The molecule has 2 aliphatic heterocycles. The lowest BCUT2D eigenvalue weighted by atomic mass is 9.94. The van der Waals surface area contributed by atoms with Gasteiger partial charge in [-0.3, -0.25) is 9.59 Å². The van der Waals surface area contributed by atoms with Crippen LogP contribution < -0.4 is 15.4 Å². The minimum Gasteiger partial charge on any atom is -0.490 e. The Morgan fingerprint density at radius 3 is 2.77 bits per heavy atom. The van der Waals surface area contributed by atoms with Crippen molar-refractivity contribution in [3.8, 4) is 5.75 Å². The molecule has 0 unspecified atom stereocenters. The van der Waals surface area contributed by atoms with Crippen molar-refractivity contribution in [2.24, 2.45) is 0 Å². The van der Waals surface area contributed by atoms with E-state index in [-0.39, 0.29) is 55.2 Å². The summed E-state index contributed by atoms with van der Waals surface area (Å²) in [6, 6.07) is 4.47. The van der Waals surface area contributed by atoms with Gasteiger partial charge in [0, 0.05) is 18.8 Å². The number of methoxy groups -OCH3 is 1.